The first-order chi connectivity index (χ1) is 18.2. The van der Waals surface area contributed by atoms with Crippen molar-refractivity contribution in [1.29, 1.82) is 0 Å². The van der Waals surface area contributed by atoms with Gasteiger partial charge in [-0.15, -0.1) is 0 Å². The van der Waals surface area contributed by atoms with Crippen LogP contribution in [0.4, 0.5) is 0 Å². The van der Waals surface area contributed by atoms with Crippen LogP contribution in [0.2, 0.25) is 0 Å². The van der Waals surface area contributed by atoms with Crippen molar-refractivity contribution in [1.82, 2.24) is 4.90 Å². The van der Waals surface area contributed by atoms with E-state index in [-0.39, 0.29) is 17.7 Å². The van der Waals surface area contributed by atoms with Crippen LogP contribution in [0.3, 0.4) is 0 Å². The molecule has 39 heavy (non-hydrogen) atoms. The molecular formula is C27H30N2O10. The molecule has 0 fully saturated rings. The number of rotatable bonds is 5. The van der Waals surface area contributed by atoms with Crippen molar-refractivity contribution in [2.75, 3.05) is 20.7 Å². The van der Waals surface area contributed by atoms with Gasteiger partial charge in [-0.1, -0.05) is 19.1 Å². The largest absolute Gasteiger partial charge is 0.510 e. The van der Waals surface area contributed by atoms with Gasteiger partial charge in [-0.25, -0.2) is 4.79 Å². The van der Waals surface area contributed by atoms with E-state index in [2.05, 4.69) is 0 Å². The van der Waals surface area contributed by atoms with Gasteiger partial charge >= 0.3 is 5.97 Å². The number of hydrogen-bond acceptors (Lipinski definition) is 11. The molecule has 7 N–H and O–H groups in total. The molecule has 1 aromatic carbocycles. The summed E-state index contributed by atoms with van der Waals surface area (Å²) in [5.74, 6) is -10.3. The number of Topliss-reactive ketones (excluding diaryl/α,β-unsaturated/α-hetero) is 2. The van der Waals surface area contributed by atoms with Crippen LogP contribution in [0.1, 0.15) is 41.3 Å². The Kier molecular flexibility index (Phi) is 6.92. The van der Waals surface area contributed by atoms with Crippen LogP contribution in [0, 0.1) is 11.8 Å². The number of esters is 1. The second-order valence-electron chi connectivity index (χ2n) is 10.1. The number of amides is 1. The second-order valence-corrected chi connectivity index (χ2v) is 10.1. The van der Waals surface area contributed by atoms with Gasteiger partial charge in [0.15, 0.2) is 11.4 Å². The second kappa shape index (κ2) is 9.63. The number of phenolic OH excluding ortho intramolecular Hbond substituents is 1. The highest BCUT2D eigenvalue weighted by molar-refractivity contribution is 6.25. The molecule has 0 saturated heterocycles. The summed E-state index contributed by atoms with van der Waals surface area (Å²) in [5, 5.41) is 56.5. The van der Waals surface area contributed by atoms with E-state index in [0.29, 0.717) is 5.56 Å². The zero-order valence-corrected chi connectivity index (χ0v) is 21.7. The topological polar surface area (TPSA) is 208 Å². The quantitative estimate of drug-likeness (QED) is 0.169. The number of carbonyl (C=O) groups is 4. The van der Waals surface area contributed by atoms with Gasteiger partial charge in [-0.2, -0.15) is 0 Å². The van der Waals surface area contributed by atoms with E-state index < -0.39 is 87.4 Å². The molecule has 12 heteroatoms. The van der Waals surface area contributed by atoms with Crippen LogP contribution in [-0.4, -0.2) is 92.3 Å². The van der Waals surface area contributed by atoms with Crippen LogP contribution in [0.5, 0.6) is 5.75 Å². The Labute approximate surface area is 223 Å². The summed E-state index contributed by atoms with van der Waals surface area (Å²) in [6, 6.07) is 1.66. The fourth-order valence-corrected chi connectivity index (χ4v) is 6.12. The number of aromatic hydroxyl groups is 1. The molecule has 1 unspecified atom stereocenters. The summed E-state index contributed by atoms with van der Waals surface area (Å²) in [4.78, 5) is 52.3. The molecule has 0 saturated carbocycles. The Hall–Kier alpha value is -4.00. The van der Waals surface area contributed by atoms with E-state index in [1.165, 1.54) is 37.2 Å². The monoisotopic (exact) mass is 542 g/mol. The van der Waals surface area contributed by atoms with E-state index in [1.807, 2.05) is 0 Å². The Bertz CT molecular complexity index is 1390. The minimum absolute atomic E-state index is 0.0825. The van der Waals surface area contributed by atoms with Crippen LogP contribution in [0.25, 0.3) is 6.08 Å². The van der Waals surface area contributed by atoms with Gasteiger partial charge in [0.25, 0.3) is 5.91 Å². The first kappa shape index (κ1) is 28.0. The average Bonchev–Trinajstić information content (AvgIpc) is 2.85. The van der Waals surface area contributed by atoms with Crippen LogP contribution in [-0.2, 0) is 19.1 Å². The molecule has 12 nitrogen and oxygen atoms in total. The summed E-state index contributed by atoms with van der Waals surface area (Å²) in [7, 11) is 2.93. The predicted molar refractivity (Wildman–Crippen MR) is 135 cm³/mol. The number of nitrogens with zero attached hydrogens (tertiary/aromatic N) is 1. The third kappa shape index (κ3) is 3.86. The standard InChI is InChI=1S/C27H30N2O10/c1-5-39-13(30)9-7-11-6-8-12-10(2)14-16(21(32)15(12)20(11)31)24(35)27(38)18(22(14)33)19(29(3)4)23(34)17(25(27)36)26(28)37/h6-10,14,18-19,22,31,33-35,38H,5H2,1-4H3,(H2,28,37)/b9-7+/t10?,14-,18-,19+,22+,27+/m1/s1. The van der Waals surface area contributed by atoms with Crippen molar-refractivity contribution in [3.05, 3.63) is 57.6 Å². The van der Waals surface area contributed by atoms with Crippen LogP contribution >= 0.6 is 0 Å². The minimum atomic E-state index is -2.99. The first-order valence-electron chi connectivity index (χ1n) is 12.2. The fourth-order valence-electron chi connectivity index (χ4n) is 6.12. The number of carbonyl (C=O) groups excluding carboxylic acids is 4. The number of primary amides is 1. The average molecular weight is 543 g/mol. The van der Waals surface area contributed by atoms with Gasteiger partial charge in [-0.05, 0) is 38.6 Å². The van der Waals surface area contributed by atoms with E-state index in [4.69, 9.17) is 10.5 Å². The van der Waals surface area contributed by atoms with Crippen molar-refractivity contribution in [2.24, 2.45) is 17.6 Å². The number of benzene rings is 1. The highest BCUT2D eigenvalue weighted by Gasteiger charge is 2.67. The summed E-state index contributed by atoms with van der Waals surface area (Å²) in [6.07, 6.45) is 0.626. The molecule has 0 aliphatic heterocycles. The lowest BCUT2D eigenvalue weighted by Gasteiger charge is -2.53. The summed E-state index contributed by atoms with van der Waals surface area (Å²) >= 11 is 0. The van der Waals surface area contributed by atoms with Gasteiger partial charge < -0.3 is 36.0 Å². The highest BCUT2D eigenvalue weighted by Crippen LogP contribution is 2.55. The molecule has 0 heterocycles. The van der Waals surface area contributed by atoms with Crippen molar-refractivity contribution in [3.8, 4) is 5.75 Å². The van der Waals surface area contributed by atoms with E-state index in [0.717, 1.165) is 6.08 Å². The van der Waals surface area contributed by atoms with Crippen molar-refractivity contribution >= 4 is 29.5 Å². The molecular weight excluding hydrogens is 512 g/mol. The number of fused-ring (bicyclic) bond motifs is 3. The van der Waals surface area contributed by atoms with Crippen molar-refractivity contribution in [3.63, 3.8) is 0 Å². The maximum atomic E-state index is 13.8. The molecule has 3 aliphatic carbocycles. The number of ketones is 2. The number of phenols is 1. The Morgan fingerprint density at radius 2 is 1.82 bits per heavy atom. The van der Waals surface area contributed by atoms with Gasteiger partial charge in [0.1, 0.15) is 22.8 Å². The third-order valence-electron chi connectivity index (χ3n) is 7.85. The number of aliphatic hydroxyl groups excluding tert-OH is 3. The summed E-state index contributed by atoms with van der Waals surface area (Å²) in [5.41, 5.74) is 1.00. The minimum Gasteiger partial charge on any atom is -0.510 e. The van der Waals surface area contributed by atoms with Crippen molar-refractivity contribution < 1.29 is 49.4 Å². The normalized spacial score (nSPS) is 30.4. The first-order valence-corrected chi connectivity index (χ1v) is 12.2. The van der Waals surface area contributed by atoms with Gasteiger partial charge in [0.2, 0.25) is 5.78 Å². The maximum Gasteiger partial charge on any atom is 0.330 e. The number of nitrogens with two attached hydrogens (primary N) is 1. The molecule has 0 radical (unpaired) electrons. The molecule has 1 amide bonds. The zero-order valence-electron chi connectivity index (χ0n) is 21.7. The number of aliphatic hydroxyl groups is 4. The number of ether oxygens (including phenoxy) is 1. The highest BCUT2D eigenvalue weighted by atomic mass is 16.5. The zero-order chi connectivity index (χ0) is 29.1. The van der Waals surface area contributed by atoms with Crippen LogP contribution in [0.15, 0.2) is 40.9 Å². The van der Waals surface area contributed by atoms with E-state index in [1.54, 1.807) is 13.8 Å². The molecule has 3 aliphatic rings. The molecule has 0 bridgehead atoms. The summed E-state index contributed by atoms with van der Waals surface area (Å²) in [6.45, 7) is 3.38. The summed E-state index contributed by atoms with van der Waals surface area (Å²) < 4.78 is 4.82. The number of likely N-dealkylation sites (N-methyl/N-ethyl adjacent to an activating group) is 1. The molecule has 208 valence electrons. The van der Waals surface area contributed by atoms with Crippen molar-refractivity contribution in [2.45, 2.75) is 37.5 Å². The lowest BCUT2D eigenvalue weighted by Crippen LogP contribution is -2.68. The Balaban J connectivity index is 1.95. The number of hydrogen-bond donors (Lipinski definition) is 6. The van der Waals surface area contributed by atoms with E-state index >= 15 is 0 Å². The maximum absolute atomic E-state index is 13.8. The fraction of sp³-hybridized carbons (Fsp3) is 0.407. The molecule has 1 aromatic rings. The smallest absolute Gasteiger partial charge is 0.330 e. The van der Waals surface area contributed by atoms with Gasteiger partial charge in [0.05, 0.1) is 30.2 Å². The Morgan fingerprint density at radius 3 is 2.38 bits per heavy atom. The molecule has 0 aromatic heterocycles. The SMILES string of the molecule is CCOC(=O)/C=C/c1ccc2c(c1O)C(=O)C1=C(O)[C@]3(O)C(=O)C(C(N)=O)=C(O)[C@@H](N(C)C)[C@@H]3[C@@H](O)[C@@H]1C2C. The van der Waals surface area contributed by atoms with Gasteiger partial charge in [-0.3, -0.25) is 19.3 Å². The van der Waals surface area contributed by atoms with E-state index in [9.17, 15) is 44.7 Å². The molecule has 0 spiro atoms. The molecule has 4 rings (SSSR count). The van der Waals surface area contributed by atoms with Gasteiger partial charge in [0, 0.05) is 23.1 Å². The third-order valence-corrected chi connectivity index (χ3v) is 7.85. The lowest BCUT2D eigenvalue weighted by molar-refractivity contribution is -0.162. The predicted octanol–water partition coefficient (Wildman–Crippen LogP) is 0.229. The van der Waals surface area contributed by atoms with Crippen LogP contribution < -0.4 is 5.73 Å². The lowest BCUT2D eigenvalue weighted by atomic mass is 9.55. The Morgan fingerprint density at radius 1 is 1.18 bits per heavy atom. The molecule has 6 atom stereocenters.